The Hall–Kier alpha value is -3.47. The number of nitrogens with two attached hydrogens (primary N) is 1. The van der Waals surface area contributed by atoms with Gasteiger partial charge in [-0.3, -0.25) is 25.0 Å². The molecule has 34 heavy (non-hydrogen) atoms. The van der Waals surface area contributed by atoms with E-state index in [0.717, 1.165) is 23.6 Å². The molecule has 10 nitrogen and oxygen atoms in total. The van der Waals surface area contributed by atoms with Crippen LogP contribution < -0.4 is 32.8 Å². The van der Waals surface area contributed by atoms with E-state index in [-0.39, 0.29) is 29.4 Å². The summed E-state index contributed by atoms with van der Waals surface area (Å²) in [7, 11) is 0. The summed E-state index contributed by atoms with van der Waals surface area (Å²) < 4.78 is 0. The van der Waals surface area contributed by atoms with Crippen LogP contribution in [0.3, 0.4) is 0 Å². The van der Waals surface area contributed by atoms with Gasteiger partial charge in [0.05, 0.1) is 36.8 Å². The first kappa shape index (κ1) is 25.2. The number of anilines is 2. The molecule has 12 heteroatoms. The SMILES string of the molecule is Cc1ccc(N2C(=O)NC(=O)/C(=C/c3cc([N+](=O)[O-])ccc3N3CC[NH2+]CC3)C2=O)cc1Cl.[Cl-]. The van der Waals surface area contributed by atoms with Gasteiger partial charge in [0.2, 0.25) is 0 Å². The molecule has 2 aromatic rings. The van der Waals surface area contributed by atoms with Gasteiger partial charge >= 0.3 is 6.03 Å². The quantitative estimate of drug-likeness (QED) is 0.228. The van der Waals surface area contributed by atoms with E-state index in [2.05, 4.69) is 10.6 Å². The van der Waals surface area contributed by atoms with Crippen molar-refractivity contribution in [2.45, 2.75) is 6.92 Å². The van der Waals surface area contributed by atoms with Gasteiger partial charge < -0.3 is 22.6 Å². The smallest absolute Gasteiger partial charge is 0.335 e. The second kappa shape index (κ2) is 10.2. The van der Waals surface area contributed by atoms with Crippen LogP contribution in [0.25, 0.3) is 6.08 Å². The van der Waals surface area contributed by atoms with E-state index in [4.69, 9.17) is 11.6 Å². The fourth-order valence-electron chi connectivity index (χ4n) is 3.82. The highest BCUT2D eigenvalue weighted by atomic mass is 35.5. The zero-order chi connectivity index (χ0) is 23.7. The maximum Gasteiger partial charge on any atom is 0.335 e. The van der Waals surface area contributed by atoms with E-state index in [0.29, 0.717) is 29.4 Å². The monoisotopic (exact) mass is 505 g/mol. The Balaban J connectivity index is 0.00000324. The Labute approximate surface area is 206 Å². The lowest BCUT2D eigenvalue weighted by atomic mass is 10.0. The summed E-state index contributed by atoms with van der Waals surface area (Å²) in [4.78, 5) is 52.0. The number of hydrogen-bond acceptors (Lipinski definition) is 6. The molecule has 0 aliphatic carbocycles. The largest absolute Gasteiger partial charge is 1.00 e. The number of quaternary nitrogens is 1. The zero-order valence-electron chi connectivity index (χ0n) is 18.1. The number of nitro benzene ring substituents is 1. The molecule has 4 rings (SSSR count). The Morgan fingerprint density at radius 1 is 1.12 bits per heavy atom. The van der Waals surface area contributed by atoms with E-state index in [1.807, 2.05) is 4.90 Å². The topological polar surface area (TPSA) is 129 Å². The molecule has 2 aliphatic heterocycles. The summed E-state index contributed by atoms with van der Waals surface area (Å²) >= 11 is 6.15. The molecule has 3 N–H and O–H groups in total. The van der Waals surface area contributed by atoms with Crippen molar-refractivity contribution in [3.05, 3.63) is 68.2 Å². The molecule has 0 atom stereocenters. The van der Waals surface area contributed by atoms with Gasteiger partial charge in [0, 0.05) is 28.4 Å². The van der Waals surface area contributed by atoms with Crippen LogP contribution in [0.2, 0.25) is 5.02 Å². The number of carbonyl (C=O) groups excluding carboxylic acids is 3. The lowest BCUT2D eigenvalue weighted by molar-refractivity contribution is -0.655. The van der Waals surface area contributed by atoms with Crippen molar-refractivity contribution in [2.24, 2.45) is 0 Å². The standard InChI is InChI=1S/C22H20ClN5O5.ClH/c1-13-2-3-15(12-18(13)23)27-21(30)17(20(29)25-22(27)31)11-14-10-16(28(32)33)4-5-19(14)26-8-6-24-7-9-26;/h2-5,10-12,24H,6-9H2,1H3,(H,25,29,31);1H/b17-11-;. The lowest BCUT2D eigenvalue weighted by Gasteiger charge is -2.29. The molecule has 0 spiro atoms. The summed E-state index contributed by atoms with van der Waals surface area (Å²) in [6, 6.07) is 8.11. The molecule has 2 fully saturated rings. The van der Waals surface area contributed by atoms with Gasteiger partial charge in [0.15, 0.2) is 0 Å². The number of aryl methyl sites for hydroxylation is 1. The van der Waals surface area contributed by atoms with E-state index in [1.165, 1.54) is 24.3 Å². The van der Waals surface area contributed by atoms with Crippen LogP contribution in [0.4, 0.5) is 21.9 Å². The second-order valence-electron chi connectivity index (χ2n) is 7.74. The molecule has 4 amide bonds. The normalized spacial score (nSPS) is 17.5. The Morgan fingerprint density at radius 2 is 1.82 bits per heavy atom. The Morgan fingerprint density at radius 3 is 2.47 bits per heavy atom. The second-order valence-corrected chi connectivity index (χ2v) is 8.15. The predicted molar refractivity (Wildman–Crippen MR) is 122 cm³/mol. The fourth-order valence-corrected chi connectivity index (χ4v) is 3.99. The Bertz CT molecular complexity index is 1210. The number of rotatable bonds is 4. The minimum atomic E-state index is -0.895. The number of hydrogen-bond donors (Lipinski definition) is 2. The number of non-ortho nitro benzene ring substituents is 1. The summed E-state index contributed by atoms with van der Waals surface area (Å²) in [5, 5.41) is 16.0. The number of nitro groups is 1. The zero-order valence-corrected chi connectivity index (χ0v) is 19.6. The number of barbiturate groups is 1. The summed E-state index contributed by atoms with van der Waals surface area (Å²) in [6.07, 6.45) is 1.30. The number of amides is 4. The summed E-state index contributed by atoms with van der Waals surface area (Å²) in [5.74, 6) is -1.71. The molecule has 0 unspecified atom stereocenters. The van der Waals surface area contributed by atoms with Crippen LogP contribution in [0.15, 0.2) is 42.0 Å². The third-order valence-electron chi connectivity index (χ3n) is 5.58. The van der Waals surface area contributed by atoms with Gasteiger partial charge in [0.1, 0.15) is 5.57 Å². The molecule has 0 bridgehead atoms. The van der Waals surface area contributed by atoms with Crippen LogP contribution in [0, 0.1) is 17.0 Å². The molecule has 178 valence electrons. The van der Waals surface area contributed by atoms with E-state index < -0.39 is 22.8 Å². The molecule has 2 saturated heterocycles. The first-order valence-electron chi connectivity index (χ1n) is 10.3. The molecule has 2 heterocycles. The first-order chi connectivity index (χ1) is 15.8. The number of nitrogens with zero attached hydrogens (tertiary/aromatic N) is 3. The number of piperazine rings is 1. The molecule has 2 aliphatic rings. The minimum Gasteiger partial charge on any atom is -1.00 e. The first-order valence-corrected chi connectivity index (χ1v) is 10.7. The third kappa shape index (κ3) is 4.89. The van der Waals surface area contributed by atoms with Crippen molar-refractivity contribution in [1.29, 1.82) is 0 Å². The minimum absolute atomic E-state index is 0. The van der Waals surface area contributed by atoms with Crippen molar-refractivity contribution in [2.75, 3.05) is 36.0 Å². The van der Waals surface area contributed by atoms with Gasteiger partial charge in [-0.05, 0) is 36.8 Å². The number of halogens is 2. The highest BCUT2D eigenvalue weighted by Gasteiger charge is 2.37. The number of carbonyl (C=O) groups is 3. The van der Waals surface area contributed by atoms with E-state index in [1.54, 1.807) is 25.1 Å². The predicted octanol–water partition coefficient (Wildman–Crippen LogP) is -1.39. The van der Waals surface area contributed by atoms with Gasteiger partial charge in [-0.15, -0.1) is 0 Å². The van der Waals surface area contributed by atoms with E-state index >= 15 is 0 Å². The average molecular weight is 506 g/mol. The van der Waals surface area contributed by atoms with Crippen LogP contribution >= 0.6 is 11.6 Å². The highest BCUT2D eigenvalue weighted by molar-refractivity contribution is 6.39. The highest BCUT2D eigenvalue weighted by Crippen LogP contribution is 2.30. The van der Waals surface area contributed by atoms with E-state index in [9.17, 15) is 24.5 Å². The lowest BCUT2D eigenvalue weighted by Crippen LogP contribution is -3.00. The van der Waals surface area contributed by atoms with Crippen LogP contribution in [0.5, 0.6) is 0 Å². The number of urea groups is 1. The fraction of sp³-hybridized carbons (Fsp3) is 0.227. The number of benzene rings is 2. The molecule has 2 aromatic carbocycles. The van der Waals surface area contributed by atoms with Crippen molar-refractivity contribution in [3.8, 4) is 0 Å². The Kier molecular flexibility index (Phi) is 7.55. The molecular weight excluding hydrogens is 485 g/mol. The molecule has 0 saturated carbocycles. The van der Waals surface area contributed by atoms with Crippen LogP contribution in [-0.2, 0) is 9.59 Å². The van der Waals surface area contributed by atoms with Gasteiger partial charge in [-0.1, -0.05) is 17.7 Å². The van der Waals surface area contributed by atoms with Crippen molar-refractivity contribution < 1.29 is 37.0 Å². The molecule has 0 radical (unpaired) electrons. The molecular formula is C22H21Cl2N5O5. The summed E-state index contributed by atoms with van der Waals surface area (Å²) in [6.45, 7) is 4.90. The third-order valence-corrected chi connectivity index (χ3v) is 5.99. The van der Waals surface area contributed by atoms with Gasteiger partial charge in [-0.25, -0.2) is 9.69 Å². The van der Waals surface area contributed by atoms with Gasteiger partial charge in [-0.2, -0.15) is 0 Å². The maximum atomic E-state index is 13.2. The van der Waals surface area contributed by atoms with Crippen molar-refractivity contribution >= 4 is 52.6 Å². The number of nitrogens with one attached hydrogen (secondary N) is 1. The molecule has 0 aromatic heterocycles. The summed E-state index contributed by atoms with van der Waals surface area (Å²) in [5.41, 5.74) is 1.51. The van der Waals surface area contributed by atoms with Crippen LogP contribution in [-0.4, -0.2) is 48.9 Å². The number of imide groups is 2. The van der Waals surface area contributed by atoms with Crippen LogP contribution in [0.1, 0.15) is 11.1 Å². The maximum absolute atomic E-state index is 13.2. The van der Waals surface area contributed by atoms with Crippen molar-refractivity contribution in [1.82, 2.24) is 5.32 Å². The average Bonchev–Trinajstić information content (AvgIpc) is 2.79. The van der Waals surface area contributed by atoms with Gasteiger partial charge in [0.25, 0.3) is 17.5 Å². The van der Waals surface area contributed by atoms with Crippen molar-refractivity contribution in [3.63, 3.8) is 0 Å².